The van der Waals surface area contributed by atoms with E-state index in [1.807, 2.05) is 0 Å². The van der Waals surface area contributed by atoms with E-state index < -0.39 is 5.97 Å². The molecule has 0 unspecified atom stereocenters. The number of carbonyl (C=O) groups excluding carboxylic acids is 1. The molecule has 2 aromatic rings. The average molecular weight is 231 g/mol. The van der Waals surface area contributed by atoms with E-state index in [0.717, 1.165) is 0 Å². The Kier molecular flexibility index (Phi) is 2.87. The van der Waals surface area contributed by atoms with Gasteiger partial charge in [-0.05, 0) is 24.3 Å². The van der Waals surface area contributed by atoms with Crippen LogP contribution in [0.25, 0.3) is 0 Å². The van der Waals surface area contributed by atoms with E-state index in [9.17, 15) is 9.59 Å². The Morgan fingerprint density at radius 2 is 2.06 bits per heavy atom. The predicted octanol–water partition coefficient (Wildman–Crippen LogP) is 1.36. The molecule has 6 heteroatoms. The highest BCUT2D eigenvalue weighted by molar-refractivity contribution is 6.02. The number of carboxylic acids is 1. The normalized spacial score (nSPS) is 9.88. The van der Waals surface area contributed by atoms with Gasteiger partial charge in [-0.25, -0.2) is 9.78 Å². The summed E-state index contributed by atoms with van der Waals surface area (Å²) < 4.78 is 0. The summed E-state index contributed by atoms with van der Waals surface area (Å²) in [4.78, 5) is 28.8. The van der Waals surface area contributed by atoms with E-state index in [1.165, 1.54) is 18.2 Å². The lowest BCUT2D eigenvalue weighted by molar-refractivity contribution is 0.0690. The molecular weight excluding hydrogens is 222 g/mol. The summed E-state index contributed by atoms with van der Waals surface area (Å²) in [5.74, 6) is -1.31. The van der Waals surface area contributed by atoms with Crippen LogP contribution in [0.15, 0.2) is 36.5 Å². The van der Waals surface area contributed by atoms with Crippen molar-refractivity contribution >= 4 is 17.7 Å². The first-order valence-electron chi connectivity index (χ1n) is 4.82. The molecule has 0 saturated carbocycles. The van der Waals surface area contributed by atoms with Gasteiger partial charge < -0.3 is 15.4 Å². The number of nitrogens with one attached hydrogen (secondary N) is 2. The Balaban J connectivity index is 2.16. The molecular formula is C11H9N3O3. The number of carboxylic acid groups (broad SMARTS) is 1. The largest absolute Gasteiger partial charge is 0.477 e. The monoisotopic (exact) mass is 231 g/mol. The number of hydrogen-bond acceptors (Lipinski definition) is 3. The number of aromatic nitrogens is 2. The Morgan fingerprint density at radius 3 is 2.71 bits per heavy atom. The number of anilines is 1. The molecule has 86 valence electrons. The highest BCUT2D eigenvalue weighted by Gasteiger charge is 2.09. The third kappa shape index (κ3) is 2.49. The van der Waals surface area contributed by atoms with E-state index in [0.29, 0.717) is 5.69 Å². The highest BCUT2D eigenvalue weighted by Crippen LogP contribution is 2.06. The van der Waals surface area contributed by atoms with Crippen molar-refractivity contribution in [3.63, 3.8) is 0 Å². The smallest absolute Gasteiger partial charge is 0.354 e. The van der Waals surface area contributed by atoms with E-state index in [-0.39, 0.29) is 17.4 Å². The summed E-state index contributed by atoms with van der Waals surface area (Å²) in [5, 5.41) is 11.2. The number of carbonyl (C=O) groups is 2. The van der Waals surface area contributed by atoms with Gasteiger partial charge in [-0.2, -0.15) is 0 Å². The first-order chi connectivity index (χ1) is 8.16. The van der Waals surface area contributed by atoms with Crippen molar-refractivity contribution in [1.82, 2.24) is 9.97 Å². The summed E-state index contributed by atoms with van der Waals surface area (Å²) in [6.07, 6.45) is 1.62. The molecule has 1 amide bonds. The van der Waals surface area contributed by atoms with Crippen LogP contribution in [0.2, 0.25) is 0 Å². The second-order valence-corrected chi connectivity index (χ2v) is 3.25. The van der Waals surface area contributed by atoms with Crippen LogP contribution >= 0.6 is 0 Å². The standard InChI is InChI=1S/C11H9N3O3/c15-10(7-4-2-6-12-7)14-9-5-1-3-8(13-9)11(16)17/h1-6,12H,(H,16,17)(H,13,14,15). The first-order valence-corrected chi connectivity index (χ1v) is 4.82. The van der Waals surface area contributed by atoms with Crippen LogP contribution in [0.1, 0.15) is 21.0 Å². The second-order valence-electron chi connectivity index (χ2n) is 3.25. The van der Waals surface area contributed by atoms with E-state index in [2.05, 4.69) is 15.3 Å². The van der Waals surface area contributed by atoms with Gasteiger partial charge in [-0.15, -0.1) is 0 Å². The molecule has 0 aliphatic carbocycles. The third-order valence-electron chi connectivity index (χ3n) is 2.05. The molecule has 0 radical (unpaired) electrons. The van der Waals surface area contributed by atoms with Gasteiger partial charge in [0.05, 0.1) is 0 Å². The minimum absolute atomic E-state index is 0.116. The van der Waals surface area contributed by atoms with Crippen molar-refractivity contribution in [2.24, 2.45) is 0 Å². The van der Waals surface area contributed by atoms with Crippen molar-refractivity contribution < 1.29 is 14.7 Å². The Morgan fingerprint density at radius 1 is 1.24 bits per heavy atom. The zero-order valence-electron chi connectivity index (χ0n) is 8.68. The second kappa shape index (κ2) is 4.48. The fourth-order valence-electron chi connectivity index (χ4n) is 1.28. The summed E-state index contributed by atoms with van der Waals surface area (Å²) in [5.41, 5.74) is 0.266. The van der Waals surface area contributed by atoms with Crippen molar-refractivity contribution in [2.45, 2.75) is 0 Å². The van der Waals surface area contributed by atoms with Crippen molar-refractivity contribution in [2.75, 3.05) is 5.32 Å². The molecule has 0 aliphatic heterocycles. The molecule has 0 atom stereocenters. The quantitative estimate of drug-likeness (QED) is 0.743. The van der Waals surface area contributed by atoms with Crippen LogP contribution in [0, 0.1) is 0 Å². The van der Waals surface area contributed by atoms with Gasteiger partial charge >= 0.3 is 5.97 Å². The summed E-state index contributed by atoms with van der Waals surface area (Å²) in [6, 6.07) is 7.69. The van der Waals surface area contributed by atoms with Crippen molar-refractivity contribution in [1.29, 1.82) is 0 Å². The topological polar surface area (TPSA) is 95.1 Å². The maximum Gasteiger partial charge on any atom is 0.354 e. The summed E-state index contributed by atoms with van der Waals surface area (Å²) in [6.45, 7) is 0. The Labute approximate surface area is 96.3 Å². The number of aromatic amines is 1. The molecule has 2 aromatic heterocycles. The number of amides is 1. The number of H-pyrrole nitrogens is 1. The fraction of sp³-hybridized carbons (Fsp3) is 0. The molecule has 17 heavy (non-hydrogen) atoms. The van der Waals surface area contributed by atoms with Gasteiger partial charge in [-0.3, -0.25) is 4.79 Å². The van der Waals surface area contributed by atoms with Crippen LogP contribution in [0.5, 0.6) is 0 Å². The Hall–Kier alpha value is -2.63. The first kappa shape index (κ1) is 10.9. The predicted molar refractivity (Wildman–Crippen MR) is 59.9 cm³/mol. The Bertz CT molecular complexity index is 549. The molecule has 3 N–H and O–H groups in total. The molecule has 6 nitrogen and oxygen atoms in total. The van der Waals surface area contributed by atoms with Crippen LogP contribution in [-0.4, -0.2) is 27.0 Å². The number of nitrogens with zero attached hydrogens (tertiary/aromatic N) is 1. The maximum atomic E-state index is 11.6. The van der Waals surface area contributed by atoms with Gasteiger partial charge in [0.25, 0.3) is 5.91 Å². The van der Waals surface area contributed by atoms with Crippen molar-refractivity contribution in [3.05, 3.63) is 47.9 Å². The van der Waals surface area contributed by atoms with Crippen LogP contribution in [0.4, 0.5) is 5.82 Å². The van der Waals surface area contributed by atoms with Crippen LogP contribution < -0.4 is 5.32 Å². The minimum atomic E-state index is -1.14. The lowest BCUT2D eigenvalue weighted by atomic mass is 10.3. The molecule has 0 spiro atoms. The highest BCUT2D eigenvalue weighted by atomic mass is 16.4. The SMILES string of the molecule is O=C(O)c1cccc(NC(=O)c2ccc[nH]2)n1. The third-order valence-corrected chi connectivity index (χ3v) is 2.05. The lowest BCUT2D eigenvalue weighted by Gasteiger charge is -2.03. The number of aromatic carboxylic acids is 1. The van der Waals surface area contributed by atoms with Gasteiger partial charge in [0.15, 0.2) is 5.69 Å². The van der Waals surface area contributed by atoms with Gasteiger partial charge in [0.1, 0.15) is 11.5 Å². The van der Waals surface area contributed by atoms with Gasteiger partial charge in [-0.1, -0.05) is 6.07 Å². The van der Waals surface area contributed by atoms with Gasteiger partial charge in [0, 0.05) is 6.20 Å². The molecule has 0 aromatic carbocycles. The van der Waals surface area contributed by atoms with E-state index in [4.69, 9.17) is 5.11 Å². The summed E-state index contributed by atoms with van der Waals surface area (Å²) in [7, 11) is 0. The van der Waals surface area contributed by atoms with Crippen molar-refractivity contribution in [3.8, 4) is 0 Å². The summed E-state index contributed by atoms with van der Waals surface area (Å²) >= 11 is 0. The zero-order chi connectivity index (χ0) is 12.3. The lowest BCUT2D eigenvalue weighted by Crippen LogP contribution is -2.14. The molecule has 0 bridgehead atoms. The molecule has 2 rings (SSSR count). The number of rotatable bonds is 3. The van der Waals surface area contributed by atoms with Crippen LogP contribution in [0.3, 0.4) is 0 Å². The number of pyridine rings is 1. The molecule has 2 heterocycles. The van der Waals surface area contributed by atoms with E-state index >= 15 is 0 Å². The molecule has 0 aliphatic rings. The fourth-order valence-corrected chi connectivity index (χ4v) is 1.28. The molecule has 0 saturated heterocycles. The van der Waals surface area contributed by atoms with E-state index in [1.54, 1.807) is 18.3 Å². The molecule has 0 fully saturated rings. The average Bonchev–Trinajstić information content (AvgIpc) is 2.82. The number of hydrogen-bond donors (Lipinski definition) is 3. The maximum absolute atomic E-state index is 11.6. The zero-order valence-corrected chi connectivity index (χ0v) is 8.68. The minimum Gasteiger partial charge on any atom is -0.477 e. The van der Waals surface area contributed by atoms with Gasteiger partial charge in [0.2, 0.25) is 0 Å². The van der Waals surface area contributed by atoms with Crippen LogP contribution in [-0.2, 0) is 0 Å².